The highest BCUT2D eigenvalue weighted by molar-refractivity contribution is 5.61. The Hall–Kier alpha value is -3.06. The summed E-state index contributed by atoms with van der Waals surface area (Å²) in [5, 5.41) is 13.4. The number of benzene rings is 2. The molecule has 0 bridgehead atoms. The normalized spacial score (nSPS) is 12.4. The highest BCUT2D eigenvalue weighted by Crippen LogP contribution is 2.35. The molecule has 0 radical (unpaired) electrons. The second kappa shape index (κ2) is 6.82. The Kier molecular flexibility index (Phi) is 4.22. The van der Waals surface area contributed by atoms with Gasteiger partial charge in [-0.25, -0.2) is 0 Å². The molecular formula is C18H17N3O4. The van der Waals surface area contributed by atoms with Gasteiger partial charge in [0.25, 0.3) is 0 Å². The van der Waals surface area contributed by atoms with E-state index in [1.165, 1.54) is 0 Å². The summed E-state index contributed by atoms with van der Waals surface area (Å²) in [6.45, 7) is 1.16. The Labute approximate surface area is 144 Å². The second-order valence-corrected chi connectivity index (χ2v) is 5.56. The van der Waals surface area contributed by atoms with Gasteiger partial charge >= 0.3 is 0 Å². The quantitative estimate of drug-likeness (QED) is 0.739. The molecule has 0 saturated heterocycles. The van der Waals surface area contributed by atoms with Gasteiger partial charge in [0, 0.05) is 17.8 Å². The number of nitrogens with zero attached hydrogens (tertiary/aromatic N) is 3. The summed E-state index contributed by atoms with van der Waals surface area (Å²) in [6.07, 6.45) is 0. The van der Waals surface area contributed by atoms with E-state index in [1.807, 2.05) is 53.4 Å². The number of aliphatic hydroxyl groups excluding tert-OH is 1. The fraction of sp³-hybridized carbons (Fsp3) is 0.222. The lowest BCUT2D eigenvalue weighted by Gasteiger charge is -2.21. The van der Waals surface area contributed by atoms with Gasteiger partial charge in [-0.05, 0) is 30.3 Å². The molecule has 0 saturated carbocycles. The van der Waals surface area contributed by atoms with E-state index in [2.05, 4.69) is 10.1 Å². The van der Waals surface area contributed by atoms with Crippen LogP contribution in [0.15, 0.2) is 53.1 Å². The molecule has 25 heavy (non-hydrogen) atoms. The number of hydrogen-bond acceptors (Lipinski definition) is 7. The number of ether oxygens (including phenoxy) is 2. The van der Waals surface area contributed by atoms with Crippen LogP contribution in [0, 0.1) is 0 Å². The number of rotatable bonds is 6. The third-order valence-corrected chi connectivity index (χ3v) is 3.92. The summed E-state index contributed by atoms with van der Waals surface area (Å²) >= 11 is 0. The van der Waals surface area contributed by atoms with Crippen LogP contribution in [0.5, 0.6) is 11.5 Å². The molecule has 7 heteroatoms. The van der Waals surface area contributed by atoms with Gasteiger partial charge in [-0.2, -0.15) is 4.98 Å². The number of hydrogen-bond donors (Lipinski definition) is 1. The second-order valence-electron chi connectivity index (χ2n) is 5.56. The van der Waals surface area contributed by atoms with Gasteiger partial charge in [0.1, 0.15) is 0 Å². The van der Waals surface area contributed by atoms with Crippen LogP contribution in [-0.2, 0) is 6.54 Å². The highest BCUT2D eigenvalue weighted by atomic mass is 16.7. The SMILES string of the molecule is OCCN(Cc1nc(-c2ccc3c(c2)OCO3)no1)c1ccccc1. The number of fused-ring (bicyclic) bond motifs is 1. The maximum atomic E-state index is 9.31. The van der Waals surface area contributed by atoms with Crippen LogP contribution in [0.3, 0.4) is 0 Å². The molecule has 1 N–H and O–H groups in total. The van der Waals surface area contributed by atoms with E-state index in [-0.39, 0.29) is 13.4 Å². The first-order valence-corrected chi connectivity index (χ1v) is 7.97. The van der Waals surface area contributed by atoms with Crippen LogP contribution in [-0.4, -0.2) is 35.2 Å². The number of para-hydroxylation sites is 1. The molecule has 128 valence electrons. The summed E-state index contributed by atoms with van der Waals surface area (Å²) in [4.78, 5) is 6.44. The van der Waals surface area contributed by atoms with E-state index in [0.717, 1.165) is 11.3 Å². The van der Waals surface area contributed by atoms with E-state index in [9.17, 15) is 5.11 Å². The van der Waals surface area contributed by atoms with Crippen molar-refractivity contribution < 1.29 is 19.1 Å². The Morgan fingerprint density at radius 1 is 1.04 bits per heavy atom. The van der Waals surface area contributed by atoms with Gasteiger partial charge in [-0.3, -0.25) is 0 Å². The van der Waals surface area contributed by atoms with Crippen LogP contribution >= 0.6 is 0 Å². The van der Waals surface area contributed by atoms with Crippen molar-refractivity contribution in [3.63, 3.8) is 0 Å². The fourth-order valence-corrected chi connectivity index (χ4v) is 2.69. The van der Waals surface area contributed by atoms with Crippen molar-refractivity contribution in [1.29, 1.82) is 0 Å². The molecule has 0 aliphatic carbocycles. The van der Waals surface area contributed by atoms with Crippen LogP contribution in [0.4, 0.5) is 5.69 Å². The molecule has 2 heterocycles. The van der Waals surface area contributed by atoms with Gasteiger partial charge in [-0.1, -0.05) is 23.4 Å². The molecule has 1 aromatic heterocycles. The number of aliphatic hydroxyl groups is 1. The van der Waals surface area contributed by atoms with Crippen molar-refractivity contribution in [2.45, 2.75) is 6.54 Å². The maximum absolute atomic E-state index is 9.31. The summed E-state index contributed by atoms with van der Waals surface area (Å²) in [5.74, 6) is 2.36. The van der Waals surface area contributed by atoms with E-state index in [1.54, 1.807) is 0 Å². The average Bonchev–Trinajstić information content (AvgIpc) is 3.30. The molecule has 2 aromatic carbocycles. The first-order chi connectivity index (χ1) is 12.3. The van der Waals surface area contributed by atoms with Crippen molar-refractivity contribution in [3.05, 3.63) is 54.4 Å². The lowest BCUT2D eigenvalue weighted by atomic mass is 10.2. The van der Waals surface area contributed by atoms with Crippen molar-refractivity contribution in [3.8, 4) is 22.9 Å². The lowest BCUT2D eigenvalue weighted by Crippen LogP contribution is -2.26. The number of anilines is 1. The Bertz CT molecular complexity index is 851. The standard InChI is InChI=1S/C18H17N3O4/c22-9-8-21(14-4-2-1-3-5-14)11-17-19-18(20-25-17)13-6-7-15-16(10-13)24-12-23-15/h1-7,10,22H,8-9,11-12H2. The first kappa shape index (κ1) is 15.5. The highest BCUT2D eigenvalue weighted by Gasteiger charge is 2.17. The predicted molar refractivity (Wildman–Crippen MR) is 90.4 cm³/mol. The van der Waals surface area contributed by atoms with Gasteiger partial charge < -0.3 is 24.0 Å². The van der Waals surface area contributed by atoms with E-state index < -0.39 is 0 Å². The summed E-state index contributed by atoms with van der Waals surface area (Å²) < 4.78 is 16.1. The van der Waals surface area contributed by atoms with Crippen molar-refractivity contribution in [1.82, 2.24) is 10.1 Å². The monoisotopic (exact) mass is 339 g/mol. The van der Waals surface area contributed by atoms with E-state index in [0.29, 0.717) is 36.3 Å². The van der Waals surface area contributed by atoms with Crippen molar-refractivity contribution >= 4 is 5.69 Å². The fourth-order valence-electron chi connectivity index (χ4n) is 2.69. The summed E-state index contributed by atoms with van der Waals surface area (Å²) in [6, 6.07) is 15.3. The topological polar surface area (TPSA) is 80.9 Å². The maximum Gasteiger partial charge on any atom is 0.246 e. The molecule has 0 spiro atoms. The van der Waals surface area contributed by atoms with Crippen LogP contribution in [0.2, 0.25) is 0 Å². The Morgan fingerprint density at radius 2 is 1.88 bits per heavy atom. The molecule has 1 aliphatic heterocycles. The van der Waals surface area contributed by atoms with Gasteiger partial charge in [-0.15, -0.1) is 0 Å². The molecular weight excluding hydrogens is 322 g/mol. The molecule has 3 aromatic rings. The zero-order valence-corrected chi connectivity index (χ0v) is 13.5. The number of aromatic nitrogens is 2. The largest absolute Gasteiger partial charge is 0.454 e. The molecule has 0 unspecified atom stereocenters. The van der Waals surface area contributed by atoms with E-state index >= 15 is 0 Å². The third-order valence-electron chi connectivity index (χ3n) is 3.92. The minimum absolute atomic E-state index is 0.0397. The minimum atomic E-state index is 0.0397. The molecule has 4 rings (SSSR count). The smallest absolute Gasteiger partial charge is 0.246 e. The predicted octanol–water partition coefficient (Wildman–Crippen LogP) is 2.46. The lowest BCUT2D eigenvalue weighted by molar-refractivity contribution is 0.174. The van der Waals surface area contributed by atoms with E-state index in [4.69, 9.17) is 14.0 Å². The zero-order valence-electron chi connectivity index (χ0n) is 13.5. The van der Waals surface area contributed by atoms with Crippen LogP contribution in [0.1, 0.15) is 5.89 Å². The van der Waals surface area contributed by atoms with Crippen LogP contribution < -0.4 is 14.4 Å². The zero-order chi connectivity index (χ0) is 17.1. The molecule has 7 nitrogen and oxygen atoms in total. The average molecular weight is 339 g/mol. The third kappa shape index (κ3) is 3.27. The first-order valence-electron chi connectivity index (χ1n) is 7.97. The molecule has 0 atom stereocenters. The minimum Gasteiger partial charge on any atom is -0.454 e. The molecule has 1 aliphatic rings. The Morgan fingerprint density at radius 3 is 2.72 bits per heavy atom. The summed E-state index contributed by atoms with van der Waals surface area (Å²) in [7, 11) is 0. The van der Waals surface area contributed by atoms with Crippen molar-refractivity contribution in [2.24, 2.45) is 0 Å². The Balaban J connectivity index is 1.54. The van der Waals surface area contributed by atoms with Gasteiger partial charge in [0.05, 0.1) is 13.2 Å². The molecule has 0 fully saturated rings. The van der Waals surface area contributed by atoms with Crippen LogP contribution in [0.25, 0.3) is 11.4 Å². The molecule has 0 amide bonds. The van der Waals surface area contributed by atoms with Gasteiger partial charge in [0.2, 0.25) is 18.5 Å². The van der Waals surface area contributed by atoms with Gasteiger partial charge in [0.15, 0.2) is 11.5 Å². The van der Waals surface area contributed by atoms with Crippen molar-refractivity contribution in [2.75, 3.05) is 24.8 Å². The summed E-state index contributed by atoms with van der Waals surface area (Å²) in [5.41, 5.74) is 1.78.